The van der Waals surface area contributed by atoms with Gasteiger partial charge in [-0.25, -0.2) is 0 Å². The van der Waals surface area contributed by atoms with Gasteiger partial charge in [0.1, 0.15) is 0 Å². The van der Waals surface area contributed by atoms with Crippen LogP contribution in [0.1, 0.15) is 45.4 Å². The van der Waals surface area contributed by atoms with Gasteiger partial charge in [0.2, 0.25) is 0 Å². The molecule has 2 fully saturated rings. The van der Waals surface area contributed by atoms with Gasteiger partial charge >= 0.3 is 0 Å². The Bertz CT molecular complexity index is 185. The van der Waals surface area contributed by atoms with Crippen LogP contribution in [0.5, 0.6) is 0 Å². The van der Waals surface area contributed by atoms with Gasteiger partial charge in [0.05, 0.1) is 0 Å². The molecule has 0 radical (unpaired) electrons. The predicted octanol–water partition coefficient (Wildman–Crippen LogP) is 1.99. The highest BCUT2D eigenvalue weighted by molar-refractivity contribution is 4.93. The minimum absolute atomic E-state index is 0.217. The van der Waals surface area contributed by atoms with Crippen LogP contribution in [0.2, 0.25) is 0 Å². The van der Waals surface area contributed by atoms with E-state index in [2.05, 4.69) is 11.8 Å². The summed E-state index contributed by atoms with van der Waals surface area (Å²) in [6.45, 7) is 6.08. The van der Waals surface area contributed by atoms with Crippen LogP contribution < -0.4 is 5.73 Å². The highest BCUT2D eigenvalue weighted by Gasteiger charge is 2.34. The van der Waals surface area contributed by atoms with E-state index in [0.717, 1.165) is 5.92 Å². The fraction of sp³-hybridized carbons (Fsp3) is 1.00. The lowest BCUT2D eigenvalue weighted by atomic mass is 9.86. The number of hydrogen-bond donors (Lipinski definition) is 1. The molecule has 2 heteroatoms. The normalized spacial score (nSPS) is 32.6. The Kier molecular flexibility index (Phi) is 3.13. The summed E-state index contributed by atoms with van der Waals surface area (Å²) in [5.74, 6) is 0.887. The maximum absolute atomic E-state index is 6.41. The second-order valence-electron chi connectivity index (χ2n) is 5.32. The summed E-state index contributed by atoms with van der Waals surface area (Å²) in [6, 6.07) is 0. The van der Waals surface area contributed by atoms with Crippen molar-refractivity contribution < 1.29 is 0 Å². The summed E-state index contributed by atoms with van der Waals surface area (Å²) in [5, 5.41) is 0. The molecular weight excluding hydrogens is 172 g/mol. The summed E-state index contributed by atoms with van der Waals surface area (Å²) >= 11 is 0. The van der Waals surface area contributed by atoms with Crippen LogP contribution in [0.3, 0.4) is 0 Å². The van der Waals surface area contributed by atoms with Crippen molar-refractivity contribution in [2.45, 2.75) is 51.0 Å². The zero-order chi connectivity index (χ0) is 10.0. The summed E-state index contributed by atoms with van der Waals surface area (Å²) in [5.41, 5.74) is 6.62. The summed E-state index contributed by atoms with van der Waals surface area (Å²) < 4.78 is 0. The number of nitrogens with zero attached hydrogens (tertiary/aromatic N) is 1. The molecule has 2 rings (SSSR count). The average Bonchev–Trinajstić information content (AvgIpc) is 2.75. The molecule has 1 aliphatic heterocycles. The zero-order valence-electron chi connectivity index (χ0n) is 9.47. The van der Waals surface area contributed by atoms with Crippen molar-refractivity contribution in [1.29, 1.82) is 0 Å². The Morgan fingerprint density at radius 2 is 2.07 bits per heavy atom. The van der Waals surface area contributed by atoms with E-state index >= 15 is 0 Å². The Balaban J connectivity index is 1.80. The molecule has 0 aromatic heterocycles. The van der Waals surface area contributed by atoms with E-state index in [9.17, 15) is 0 Å². The maximum atomic E-state index is 6.41. The lowest BCUT2D eigenvalue weighted by Crippen LogP contribution is -2.39. The van der Waals surface area contributed by atoms with E-state index in [0.29, 0.717) is 0 Å². The van der Waals surface area contributed by atoms with Crippen LogP contribution >= 0.6 is 0 Å². The molecule has 14 heavy (non-hydrogen) atoms. The molecule has 1 aliphatic carbocycles. The fourth-order valence-electron chi connectivity index (χ4n) is 3.22. The molecule has 2 nitrogen and oxygen atoms in total. The first kappa shape index (κ1) is 10.4. The SMILES string of the molecule is CCN1CCC(CC2(N)CCCC2)C1. The average molecular weight is 196 g/mol. The minimum atomic E-state index is 0.217. The molecule has 1 unspecified atom stereocenters. The molecule has 0 amide bonds. The monoisotopic (exact) mass is 196 g/mol. The van der Waals surface area contributed by atoms with Crippen molar-refractivity contribution in [2.75, 3.05) is 19.6 Å². The topological polar surface area (TPSA) is 29.3 Å². The van der Waals surface area contributed by atoms with Gasteiger partial charge in [-0.15, -0.1) is 0 Å². The molecule has 2 aliphatic rings. The van der Waals surface area contributed by atoms with Gasteiger partial charge in [-0.2, -0.15) is 0 Å². The smallest absolute Gasteiger partial charge is 0.0157 e. The number of nitrogens with two attached hydrogens (primary N) is 1. The Morgan fingerprint density at radius 3 is 2.64 bits per heavy atom. The van der Waals surface area contributed by atoms with Gasteiger partial charge in [-0.3, -0.25) is 0 Å². The molecule has 1 saturated heterocycles. The van der Waals surface area contributed by atoms with Crippen LogP contribution in [-0.2, 0) is 0 Å². The number of likely N-dealkylation sites (tertiary alicyclic amines) is 1. The highest BCUT2D eigenvalue weighted by atomic mass is 15.1. The van der Waals surface area contributed by atoms with Gasteiger partial charge in [0, 0.05) is 12.1 Å². The van der Waals surface area contributed by atoms with Crippen LogP contribution in [0.4, 0.5) is 0 Å². The Morgan fingerprint density at radius 1 is 1.36 bits per heavy atom. The van der Waals surface area contributed by atoms with E-state index in [-0.39, 0.29) is 5.54 Å². The van der Waals surface area contributed by atoms with Gasteiger partial charge in [-0.05, 0) is 44.7 Å². The molecule has 1 atom stereocenters. The molecule has 1 saturated carbocycles. The molecule has 2 N–H and O–H groups in total. The third-order valence-electron chi connectivity index (χ3n) is 4.11. The maximum Gasteiger partial charge on any atom is 0.0157 e. The number of hydrogen-bond acceptors (Lipinski definition) is 2. The van der Waals surface area contributed by atoms with Crippen molar-refractivity contribution in [1.82, 2.24) is 4.90 Å². The molecule has 0 aromatic carbocycles. The van der Waals surface area contributed by atoms with Gasteiger partial charge in [-0.1, -0.05) is 19.8 Å². The van der Waals surface area contributed by atoms with Crippen LogP contribution in [0.25, 0.3) is 0 Å². The zero-order valence-corrected chi connectivity index (χ0v) is 9.47. The predicted molar refractivity (Wildman–Crippen MR) is 60.2 cm³/mol. The lowest BCUT2D eigenvalue weighted by Gasteiger charge is -2.27. The second-order valence-corrected chi connectivity index (χ2v) is 5.32. The van der Waals surface area contributed by atoms with E-state index in [1.165, 1.54) is 58.2 Å². The van der Waals surface area contributed by atoms with E-state index in [4.69, 9.17) is 5.73 Å². The lowest BCUT2D eigenvalue weighted by molar-refractivity contribution is 0.296. The first-order valence-corrected chi connectivity index (χ1v) is 6.23. The first-order chi connectivity index (χ1) is 6.72. The highest BCUT2D eigenvalue weighted by Crippen LogP contribution is 2.35. The van der Waals surface area contributed by atoms with Gasteiger partial charge < -0.3 is 10.6 Å². The molecule has 82 valence electrons. The molecule has 0 bridgehead atoms. The van der Waals surface area contributed by atoms with Crippen molar-refractivity contribution in [3.8, 4) is 0 Å². The standard InChI is InChI=1S/C12H24N2/c1-2-14-8-5-11(10-14)9-12(13)6-3-4-7-12/h11H,2-10,13H2,1H3. The van der Waals surface area contributed by atoms with E-state index < -0.39 is 0 Å². The molecule has 1 heterocycles. The Hall–Kier alpha value is -0.0800. The van der Waals surface area contributed by atoms with Crippen molar-refractivity contribution >= 4 is 0 Å². The summed E-state index contributed by atoms with van der Waals surface area (Å²) in [4.78, 5) is 2.56. The second kappa shape index (κ2) is 4.19. The third kappa shape index (κ3) is 2.29. The molecule has 0 spiro atoms. The first-order valence-electron chi connectivity index (χ1n) is 6.23. The van der Waals surface area contributed by atoms with Gasteiger partial charge in [0.25, 0.3) is 0 Å². The summed E-state index contributed by atoms with van der Waals surface area (Å²) in [7, 11) is 0. The summed E-state index contributed by atoms with van der Waals surface area (Å²) in [6.07, 6.45) is 7.93. The quantitative estimate of drug-likeness (QED) is 0.748. The van der Waals surface area contributed by atoms with Crippen LogP contribution in [-0.4, -0.2) is 30.1 Å². The Labute approximate surface area is 87.8 Å². The van der Waals surface area contributed by atoms with Crippen molar-refractivity contribution in [3.63, 3.8) is 0 Å². The number of rotatable bonds is 3. The molecular formula is C12H24N2. The molecule has 0 aromatic rings. The van der Waals surface area contributed by atoms with E-state index in [1.54, 1.807) is 0 Å². The van der Waals surface area contributed by atoms with Crippen LogP contribution in [0.15, 0.2) is 0 Å². The third-order valence-corrected chi connectivity index (χ3v) is 4.11. The van der Waals surface area contributed by atoms with Gasteiger partial charge in [0.15, 0.2) is 0 Å². The van der Waals surface area contributed by atoms with Crippen molar-refractivity contribution in [2.24, 2.45) is 11.7 Å². The fourth-order valence-corrected chi connectivity index (χ4v) is 3.22. The minimum Gasteiger partial charge on any atom is -0.325 e. The van der Waals surface area contributed by atoms with Crippen molar-refractivity contribution in [3.05, 3.63) is 0 Å². The van der Waals surface area contributed by atoms with Crippen LogP contribution in [0, 0.1) is 5.92 Å². The van der Waals surface area contributed by atoms with E-state index in [1.807, 2.05) is 0 Å². The largest absolute Gasteiger partial charge is 0.325 e.